The third-order valence-electron chi connectivity index (χ3n) is 5.00. The lowest BCUT2D eigenvalue weighted by Crippen LogP contribution is -2.13. The number of allylic oxidation sites excluding steroid dienone is 2. The molecule has 1 aliphatic rings. The fourth-order valence-corrected chi connectivity index (χ4v) is 4.03. The molecule has 4 nitrogen and oxygen atoms in total. The van der Waals surface area contributed by atoms with Crippen LogP contribution in [0.2, 0.25) is 10.0 Å². The molecule has 1 fully saturated rings. The number of carboxylic acid groups (broad SMARTS) is 1. The summed E-state index contributed by atoms with van der Waals surface area (Å²) in [5, 5.41) is 9.43. The second-order valence-electron chi connectivity index (χ2n) is 6.97. The Morgan fingerprint density at radius 3 is 2.59 bits per heavy atom. The second kappa shape index (κ2) is 10.6. The first-order valence-corrected chi connectivity index (χ1v) is 10.1. The van der Waals surface area contributed by atoms with Crippen LogP contribution in [0.4, 0.5) is 0 Å². The summed E-state index contributed by atoms with van der Waals surface area (Å²) < 4.78 is 0. The van der Waals surface area contributed by atoms with Gasteiger partial charge in [-0.2, -0.15) is 0 Å². The topological polar surface area (TPSA) is 71.4 Å². The second-order valence-corrected chi connectivity index (χ2v) is 7.81. The lowest BCUT2D eigenvalue weighted by Gasteiger charge is -2.14. The van der Waals surface area contributed by atoms with Gasteiger partial charge in [0.05, 0.1) is 5.02 Å². The minimum Gasteiger partial charge on any atom is -0.481 e. The van der Waals surface area contributed by atoms with Gasteiger partial charge >= 0.3 is 5.97 Å². The van der Waals surface area contributed by atoms with Gasteiger partial charge in [0, 0.05) is 29.3 Å². The largest absolute Gasteiger partial charge is 0.481 e. The summed E-state index contributed by atoms with van der Waals surface area (Å²) in [5.74, 6) is -0.673. The summed E-state index contributed by atoms with van der Waals surface area (Å²) in [7, 11) is 0. The number of unbranched alkanes of at least 4 members (excludes halogenated alkanes) is 3. The molecule has 6 heteroatoms. The minimum atomic E-state index is -0.767. The van der Waals surface area contributed by atoms with Crippen molar-refractivity contribution < 1.29 is 19.5 Å². The minimum absolute atomic E-state index is 0.0470. The van der Waals surface area contributed by atoms with Crippen LogP contribution in [0.25, 0.3) is 0 Å². The van der Waals surface area contributed by atoms with E-state index in [1.54, 1.807) is 12.1 Å². The Morgan fingerprint density at radius 2 is 1.89 bits per heavy atom. The van der Waals surface area contributed by atoms with Gasteiger partial charge in [-0.05, 0) is 49.5 Å². The lowest BCUT2D eigenvalue weighted by molar-refractivity contribution is -0.137. The molecule has 1 aliphatic carbocycles. The first kappa shape index (κ1) is 21.6. The number of benzene rings is 1. The van der Waals surface area contributed by atoms with E-state index in [1.165, 1.54) is 12.1 Å². The number of halogens is 2. The zero-order chi connectivity index (χ0) is 19.8. The van der Waals surface area contributed by atoms with E-state index in [0.717, 1.165) is 32.1 Å². The third kappa shape index (κ3) is 6.78. The van der Waals surface area contributed by atoms with Gasteiger partial charge in [-0.3, -0.25) is 14.4 Å². The number of rotatable bonds is 10. The van der Waals surface area contributed by atoms with Crippen LogP contribution in [0.5, 0.6) is 0 Å². The van der Waals surface area contributed by atoms with E-state index in [2.05, 4.69) is 0 Å². The van der Waals surface area contributed by atoms with Gasteiger partial charge < -0.3 is 5.11 Å². The molecule has 0 aromatic heterocycles. The van der Waals surface area contributed by atoms with Crippen LogP contribution in [0.15, 0.2) is 30.4 Å². The predicted molar refractivity (Wildman–Crippen MR) is 106 cm³/mol. The molecule has 27 heavy (non-hydrogen) atoms. The Labute approximate surface area is 169 Å². The smallest absolute Gasteiger partial charge is 0.303 e. The average Bonchev–Trinajstić information content (AvgIpc) is 2.95. The molecular formula is C21H24Cl2O4. The van der Waals surface area contributed by atoms with Crippen LogP contribution in [0, 0.1) is 11.8 Å². The van der Waals surface area contributed by atoms with Crippen LogP contribution in [0.1, 0.15) is 61.7 Å². The van der Waals surface area contributed by atoms with Crippen LogP contribution >= 0.6 is 23.2 Å². The van der Waals surface area contributed by atoms with Gasteiger partial charge in [0.2, 0.25) is 0 Å². The van der Waals surface area contributed by atoms with Crippen LogP contribution < -0.4 is 0 Å². The number of ketones is 2. The molecule has 1 aromatic rings. The highest BCUT2D eigenvalue weighted by Crippen LogP contribution is 2.34. The monoisotopic (exact) mass is 410 g/mol. The molecule has 0 spiro atoms. The van der Waals surface area contributed by atoms with Crippen molar-refractivity contribution in [3.63, 3.8) is 0 Å². The molecule has 2 rings (SSSR count). The molecule has 2 unspecified atom stereocenters. The van der Waals surface area contributed by atoms with E-state index < -0.39 is 5.97 Å². The number of carboxylic acids is 1. The molecule has 0 amide bonds. The van der Waals surface area contributed by atoms with E-state index in [-0.39, 0.29) is 29.8 Å². The lowest BCUT2D eigenvalue weighted by atomic mass is 9.89. The summed E-state index contributed by atoms with van der Waals surface area (Å²) >= 11 is 11.9. The Bertz CT molecular complexity index is 727. The van der Waals surface area contributed by atoms with Crippen molar-refractivity contribution in [2.45, 2.75) is 51.4 Å². The van der Waals surface area contributed by atoms with Crippen molar-refractivity contribution in [1.29, 1.82) is 0 Å². The van der Waals surface area contributed by atoms with Crippen molar-refractivity contribution >= 4 is 40.7 Å². The molecule has 0 bridgehead atoms. The Balaban J connectivity index is 1.86. The first-order valence-electron chi connectivity index (χ1n) is 9.30. The van der Waals surface area contributed by atoms with Crippen LogP contribution in [-0.2, 0) is 9.59 Å². The van der Waals surface area contributed by atoms with Gasteiger partial charge in [0.15, 0.2) is 5.78 Å². The molecule has 146 valence electrons. The molecule has 1 aromatic carbocycles. The van der Waals surface area contributed by atoms with Crippen molar-refractivity contribution in [2.24, 2.45) is 11.8 Å². The Morgan fingerprint density at radius 1 is 1.15 bits per heavy atom. The molecule has 0 radical (unpaired) electrons. The summed E-state index contributed by atoms with van der Waals surface area (Å²) in [6, 6.07) is 4.77. The zero-order valence-electron chi connectivity index (χ0n) is 15.1. The normalized spacial score (nSPS) is 19.7. The Kier molecular flexibility index (Phi) is 8.52. The average molecular weight is 411 g/mol. The summed E-state index contributed by atoms with van der Waals surface area (Å²) in [6.07, 6.45) is 9.01. The molecule has 0 saturated heterocycles. The van der Waals surface area contributed by atoms with Gasteiger partial charge in [-0.25, -0.2) is 0 Å². The van der Waals surface area contributed by atoms with E-state index >= 15 is 0 Å². The number of Topliss-reactive ketones (excluding diaryl/α,β-unsaturated/α-hetero) is 1. The maximum Gasteiger partial charge on any atom is 0.303 e. The summed E-state index contributed by atoms with van der Waals surface area (Å²) in [6.45, 7) is 0. The Hall–Kier alpha value is -1.65. The van der Waals surface area contributed by atoms with Gasteiger partial charge in [-0.15, -0.1) is 0 Å². The first-order chi connectivity index (χ1) is 12.9. The quantitative estimate of drug-likeness (QED) is 0.302. The number of hydrogen-bond acceptors (Lipinski definition) is 3. The fraction of sp³-hybridized carbons (Fsp3) is 0.476. The predicted octanol–water partition coefficient (Wildman–Crippen LogP) is 5.75. The molecule has 0 aliphatic heterocycles. The standard InChI is InChI=1S/C21H24Cl2O4/c22-15-9-10-17(18(23)13-15)20(25)12-8-14-7-11-19(24)16(14)5-3-1-2-4-6-21(26)27/h8-10,12-14,16H,1-7,11H2,(H,26,27)/b12-8+. The van der Waals surface area contributed by atoms with Crippen LogP contribution in [-0.4, -0.2) is 22.6 Å². The van der Waals surface area contributed by atoms with E-state index in [4.69, 9.17) is 28.3 Å². The fourth-order valence-electron chi connectivity index (χ4n) is 3.52. The highest BCUT2D eigenvalue weighted by Gasteiger charge is 2.32. The zero-order valence-corrected chi connectivity index (χ0v) is 16.6. The molecule has 1 N–H and O–H groups in total. The molecule has 0 heterocycles. The SMILES string of the molecule is O=C(O)CCCCCCC1C(=O)CCC1/C=C/C(=O)c1ccc(Cl)cc1Cl. The van der Waals surface area contributed by atoms with Gasteiger partial charge in [0.1, 0.15) is 5.78 Å². The maximum absolute atomic E-state index is 12.4. The molecular weight excluding hydrogens is 387 g/mol. The highest BCUT2D eigenvalue weighted by molar-refractivity contribution is 6.37. The van der Waals surface area contributed by atoms with E-state index in [9.17, 15) is 14.4 Å². The van der Waals surface area contributed by atoms with Crippen molar-refractivity contribution in [1.82, 2.24) is 0 Å². The molecule has 2 atom stereocenters. The van der Waals surface area contributed by atoms with E-state index in [1.807, 2.05) is 6.08 Å². The number of hydrogen-bond donors (Lipinski definition) is 1. The molecule has 1 saturated carbocycles. The van der Waals surface area contributed by atoms with Gasteiger partial charge in [0.25, 0.3) is 0 Å². The van der Waals surface area contributed by atoms with Crippen molar-refractivity contribution in [3.8, 4) is 0 Å². The van der Waals surface area contributed by atoms with Crippen LogP contribution in [0.3, 0.4) is 0 Å². The third-order valence-corrected chi connectivity index (χ3v) is 5.55. The number of aliphatic carboxylic acids is 1. The highest BCUT2D eigenvalue weighted by atomic mass is 35.5. The number of carbonyl (C=O) groups excluding carboxylic acids is 2. The van der Waals surface area contributed by atoms with E-state index in [0.29, 0.717) is 28.5 Å². The maximum atomic E-state index is 12.4. The van der Waals surface area contributed by atoms with Crippen molar-refractivity contribution in [3.05, 3.63) is 46.0 Å². The summed E-state index contributed by atoms with van der Waals surface area (Å²) in [5.41, 5.74) is 0.400. The summed E-state index contributed by atoms with van der Waals surface area (Å²) in [4.78, 5) is 35.0. The number of carbonyl (C=O) groups is 3. The van der Waals surface area contributed by atoms with Crippen molar-refractivity contribution in [2.75, 3.05) is 0 Å². The van der Waals surface area contributed by atoms with Gasteiger partial charge in [-0.1, -0.05) is 48.5 Å².